The van der Waals surface area contributed by atoms with Crippen LogP contribution in [0.25, 0.3) is 28.0 Å². The summed E-state index contributed by atoms with van der Waals surface area (Å²) < 4.78 is 7.12. The van der Waals surface area contributed by atoms with E-state index in [9.17, 15) is 0 Å². The van der Waals surface area contributed by atoms with Gasteiger partial charge in [-0.15, -0.1) is 0 Å². The van der Waals surface area contributed by atoms with Crippen molar-refractivity contribution in [3.05, 3.63) is 209 Å². The Labute approximate surface area is 317 Å². The zero-order chi connectivity index (χ0) is 35.6. The van der Waals surface area contributed by atoms with Gasteiger partial charge in [0.05, 0.1) is 5.41 Å². The second-order valence-electron chi connectivity index (χ2n) is 15.5. The maximum Gasteiger partial charge on any atom is 0.140 e. The van der Waals surface area contributed by atoms with Crippen LogP contribution in [0.15, 0.2) is 181 Å². The van der Waals surface area contributed by atoms with E-state index in [-0.39, 0.29) is 12.2 Å². The highest BCUT2D eigenvalue weighted by Crippen LogP contribution is 2.63. The van der Waals surface area contributed by atoms with E-state index >= 15 is 0 Å². The number of allylic oxidation sites excluding steroid dienone is 8. The third-order valence-corrected chi connectivity index (χ3v) is 12.6. The number of ether oxygens (including phenoxy) is 1. The van der Waals surface area contributed by atoms with Gasteiger partial charge in [0.15, 0.2) is 0 Å². The summed E-state index contributed by atoms with van der Waals surface area (Å²) in [7, 11) is 0. The Morgan fingerprint density at radius 2 is 1.30 bits per heavy atom. The molecule has 1 spiro atoms. The fourth-order valence-corrected chi connectivity index (χ4v) is 10.2. The van der Waals surface area contributed by atoms with Crippen LogP contribution in [-0.4, -0.2) is 12.2 Å². The highest BCUT2D eigenvalue weighted by atomic mass is 16.5. The molecule has 2 heterocycles. The maximum atomic E-state index is 7.12. The third-order valence-electron chi connectivity index (χ3n) is 12.6. The minimum Gasteiger partial charge on any atom is -0.456 e. The van der Waals surface area contributed by atoms with Gasteiger partial charge < -0.3 is 10.1 Å². The number of hydrogen-bond acceptors (Lipinski definition) is 3. The summed E-state index contributed by atoms with van der Waals surface area (Å²) >= 11 is 0. The minimum atomic E-state index is -0.499. The number of nitrogens with one attached hydrogen (secondary N) is 2. The molecule has 4 unspecified atom stereocenters. The van der Waals surface area contributed by atoms with E-state index in [0.717, 1.165) is 42.7 Å². The van der Waals surface area contributed by atoms with Gasteiger partial charge in [-0.3, -0.25) is 5.32 Å². The van der Waals surface area contributed by atoms with Crippen molar-refractivity contribution >= 4 is 5.70 Å². The van der Waals surface area contributed by atoms with Crippen LogP contribution in [0.3, 0.4) is 0 Å². The van der Waals surface area contributed by atoms with E-state index in [1.807, 2.05) is 0 Å². The molecule has 262 valence electrons. The lowest BCUT2D eigenvalue weighted by atomic mass is 9.65. The highest BCUT2D eigenvalue weighted by Gasteiger charge is 2.51. The van der Waals surface area contributed by atoms with Gasteiger partial charge in [-0.25, -0.2) is 0 Å². The Balaban J connectivity index is 1.08. The summed E-state index contributed by atoms with van der Waals surface area (Å²) in [6.07, 6.45) is 25.4. The predicted molar refractivity (Wildman–Crippen MR) is 220 cm³/mol. The summed E-state index contributed by atoms with van der Waals surface area (Å²) in [6, 6.07) is 42.5. The number of para-hydroxylation sites is 2. The van der Waals surface area contributed by atoms with Crippen molar-refractivity contribution in [1.82, 2.24) is 10.6 Å². The molecule has 0 fully saturated rings. The molecule has 3 nitrogen and oxygen atoms in total. The maximum absolute atomic E-state index is 7.12. The Morgan fingerprint density at radius 1 is 0.593 bits per heavy atom. The van der Waals surface area contributed by atoms with E-state index in [0.29, 0.717) is 11.8 Å². The van der Waals surface area contributed by atoms with Gasteiger partial charge in [-0.05, 0) is 82.7 Å². The molecule has 0 saturated carbocycles. The van der Waals surface area contributed by atoms with Crippen molar-refractivity contribution in [2.45, 2.75) is 43.3 Å². The number of hydrogen-bond donors (Lipinski definition) is 2. The van der Waals surface area contributed by atoms with Crippen molar-refractivity contribution in [2.24, 2.45) is 11.8 Å². The first-order chi connectivity index (χ1) is 26.8. The second kappa shape index (κ2) is 12.6. The molecule has 5 aromatic carbocycles. The Kier molecular flexibility index (Phi) is 7.38. The van der Waals surface area contributed by atoms with E-state index < -0.39 is 5.41 Å². The van der Waals surface area contributed by atoms with Gasteiger partial charge in [0.25, 0.3) is 0 Å². The van der Waals surface area contributed by atoms with E-state index in [4.69, 9.17) is 4.74 Å². The molecule has 5 aromatic rings. The quantitative estimate of drug-likeness (QED) is 0.192. The Morgan fingerprint density at radius 3 is 2.09 bits per heavy atom. The van der Waals surface area contributed by atoms with Crippen molar-refractivity contribution < 1.29 is 4.74 Å². The van der Waals surface area contributed by atoms with Gasteiger partial charge in [0, 0.05) is 39.9 Å². The summed E-state index contributed by atoms with van der Waals surface area (Å²) in [4.78, 5) is 0. The third kappa shape index (κ3) is 4.78. The first-order valence-electron chi connectivity index (χ1n) is 19.6. The van der Waals surface area contributed by atoms with E-state index in [2.05, 4.69) is 181 Å². The summed E-state index contributed by atoms with van der Waals surface area (Å²) in [5.74, 6) is 2.81. The molecule has 11 rings (SSSR count). The molecule has 54 heavy (non-hydrogen) atoms. The summed E-state index contributed by atoms with van der Waals surface area (Å²) in [6.45, 7) is 0. The summed E-state index contributed by atoms with van der Waals surface area (Å²) in [5.41, 5.74) is 14.5. The lowest BCUT2D eigenvalue weighted by molar-refractivity contribution is 0.316. The number of rotatable bonds is 4. The van der Waals surface area contributed by atoms with Crippen LogP contribution in [0.5, 0.6) is 11.5 Å². The largest absolute Gasteiger partial charge is 0.456 e. The van der Waals surface area contributed by atoms with Crippen LogP contribution in [0.2, 0.25) is 0 Å². The lowest BCUT2D eigenvalue weighted by Gasteiger charge is -2.41. The minimum absolute atomic E-state index is 0.0225. The molecule has 4 atom stereocenters. The topological polar surface area (TPSA) is 33.3 Å². The Bertz CT molecular complexity index is 2480. The smallest absolute Gasteiger partial charge is 0.140 e. The van der Waals surface area contributed by atoms with Gasteiger partial charge in [-0.1, -0.05) is 158 Å². The van der Waals surface area contributed by atoms with Gasteiger partial charge >= 0.3 is 0 Å². The SMILES string of the molecule is C1=CC2=CCC(C3C=C(c4ccccc4-c4cccc5c4Oc4ccccc4C54c5ccccc5-c5ccccc54)NC(C4=CCCC=C4)N3)CC2C=C1. The van der Waals surface area contributed by atoms with Crippen LogP contribution in [0.4, 0.5) is 0 Å². The van der Waals surface area contributed by atoms with Gasteiger partial charge in [-0.2, -0.15) is 0 Å². The predicted octanol–water partition coefficient (Wildman–Crippen LogP) is 11.4. The average Bonchev–Trinajstić information content (AvgIpc) is 3.54. The van der Waals surface area contributed by atoms with Crippen molar-refractivity contribution in [3.63, 3.8) is 0 Å². The molecule has 0 amide bonds. The molecule has 4 aliphatic carbocycles. The average molecular weight is 699 g/mol. The fraction of sp³-hybridized carbons (Fsp3) is 0.176. The van der Waals surface area contributed by atoms with Crippen molar-refractivity contribution in [2.75, 3.05) is 0 Å². The van der Waals surface area contributed by atoms with Gasteiger partial charge in [0.2, 0.25) is 0 Å². The van der Waals surface area contributed by atoms with Crippen LogP contribution < -0.4 is 15.4 Å². The van der Waals surface area contributed by atoms with Crippen molar-refractivity contribution in [3.8, 4) is 33.8 Å². The first kappa shape index (κ1) is 31.6. The fourth-order valence-electron chi connectivity index (χ4n) is 10.2. The molecule has 0 radical (unpaired) electrons. The molecule has 0 bridgehead atoms. The molecule has 2 aliphatic heterocycles. The molecule has 6 aliphatic rings. The number of benzene rings is 5. The summed E-state index contributed by atoms with van der Waals surface area (Å²) in [5, 5.41) is 8.05. The van der Waals surface area contributed by atoms with Crippen LogP contribution in [-0.2, 0) is 5.41 Å². The zero-order valence-corrected chi connectivity index (χ0v) is 30.2. The van der Waals surface area contributed by atoms with Gasteiger partial charge in [0.1, 0.15) is 17.7 Å². The lowest BCUT2D eigenvalue weighted by Crippen LogP contribution is -2.53. The first-order valence-corrected chi connectivity index (χ1v) is 19.6. The molecule has 0 aromatic heterocycles. The monoisotopic (exact) mass is 698 g/mol. The normalized spacial score (nSPS) is 23.7. The number of fused-ring (bicyclic) bond motifs is 10. The van der Waals surface area contributed by atoms with Crippen LogP contribution in [0, 0.1) is 11.8 Å². The zero-order valence-electron chi connectivity index (χ0n) is 30.2. The molecule has 2 N–H and O–H groups in total. The van der Waals surface area contributed by atoms with Crippen LogP contribution in [0.1, 0.15) is 53.5 Å². The molecular weight excluding hydrogens is 657 g/mol. The van der Waals surface area contributed by atoms with Crippen molar-refractivity contribution in [1.29, 1.82) is 0 Å². The standard InChI is InChI=1S/C51H42N2O/c1-2-16-34(17-3-1)50-52-46(36-30-29-33-15-4-5-18-35(33)31-36)32-47(53-50)40-22-7-6-19-37(40)41-23-14-27-45-49(41)54-48-28-13-12-26-44(48)51(45)42-24-10-8-20-38(42)39-21-9-11-25-43(39)51/h2,4-29,32,35-36,46,50,52-53H,1,3,30-31H2. The molecule has 3 heteroatoms. The van der Waals surface area contributed by atoms with Crippen LogP contribution >= 0.6 is 0 Å². The second-order valence-corrected chi connectivity index (χ2v) is 15.5. The molecule has 0 saturated heterocycles. The van der Waals surface area contributed by atoms with E-state index in [1.54, 1.807) is 0 Å². The molecular formula is C51H42N2O. The highest BCUT2D eigenvalue weighted by molar-refractivity contribution is 5.92. The Hall–Kier alpha value is -5.90. The van der Waals surface area contributed by atoms with E-state index in [1.165, 1.54) is 61.4 Å².